The van der Waals surface area contributed by atoms with Crippen LogP contribution in [0.4, 0.5) is 0 Å². The molecule has 0 fully saturated rings. The molecule has 0 spiro atoms. The number of hydrogen-bond acceptors (Lipinski definition) is 1. The fourth-order valence-corrected chi connectivity index (χ4v) is 1.72. The van der Waals surface area contributed by atoms with Crippen LogP contribution in [-0.4, -0.2) is 9.78 Å². The number of fused-ring (bicyclic) bond motifs is 1. The molecule has 1 aliphatic carbocycles. The SMILES string of the molecule is Cn1[nH]c2c(c1=O)CCCC2. The predicted molar refractivity (Wildman–Crippen MR) is 42.7 cm³/mol. The van der Waals surface area contributed by atoms with Crippen molar-refractivity contribution in [3.63, 3.8) is 0 Å². The molecule has 0 aliphatic heterocycles. The molecule has 3 nitrogen and oxygen atoms in total. The Balaban J connectivity index is 2.59. The summed E-state index contributed by atoms with van der Waals surface area (Å²) in [5, 5.41) is 3.07. The summed E-state index contributed by atoms with van der Waals surface area (Å²) >= 11 is 0. The molecule has 0 unspecified atom stereocenters. The second-order valence-electron chi connectivity index (χ2n) is 3.14. The molecule has 1 aromatic rings. The van der Waals surface area contributed by atoms with Gasteiger partial charge in [-0.1, -0.05) is 0 Å². The Kier molecular flexibility index (Phi) is 1.37. The first-order valence-corrected chi connectivity index (χ1v) is 4.06. The quantitative estimate of drug-likeness (QED) is 0.580. The summed E-state index contributed by atoms with van der Waals surface area (Å²) in [6.45, 7) is 0. The Bertz CT molecular complexity index is 321. The molecule has 0 atom stereocenters. The van der Waals surface area contributed by atoms with Gasteiger partial charge in [-0.3, -0.25) is 14.6 Å². The number of rotatable bonds is 0. The highest BCUT2D eigenvalue weighted by Crippen LogP contribution is 2.15. The lowest BCUT2D eigenvalue weighted by Crippen LogP contribution is -2.16. The zero-order valence-corrected chi connectivity index (χ0v) is 6.68. The van der Waals surface area contributed by atoms with E-state index in [-0.39, 0.29) is 5.56 Å². The van der Waals surface area contributed by atoms with Gasteiger partial charge < -0.3 is 0 Å². The van der Waals surface area contributed by atoms with E-state index < -0.39 is 0 Å². The molecule has 0 saturated heterocycles. The molecular formula is C8H12N2O. The zero-order chi connectivity index (χ0) is 7.84. The van der Waals surface area contributed by atoms with Gasteiger partial charge in [-0.25, -0.2) is 0 Å². The van der Waals surface area contributed by atoms with Gasteiger partial charge in [0, 0.05) is 18.3 Å². The standard InChI is InChI=1S/C8H12N2O/c1-10-8(11)6-4-2-3-5-7(6)9-10/h9H,2-5H2,1H3. The van der Waals surface area contributed by atoms with Crippen LogP contribution < -0.4 is 5.56 Å². The fraction of sp³-hybridized carbons (Fsp3) is 0.625. The molecule has 1 N–H and O–H groups in total. The molecule has 0 aromatic carbocycles. The molecule has 1 heterocycles. The highest BCUT2D eigenvalue weighted by Gasteiger charge is 2.15. The average Bonchev–Trinajstić information content (AvgIpc) is 2.30. The van der Waals surface area contributed by atoms with Crippen LogP contribution >= 0.6 is 0 Å². The fourth-order valence-electron chi connectivity index (χ4n) is 1.72. The maximum atomic E-state index is 11.3. The van der Waals surface area contributed by atoms with Gasteiger partial charge in [0.2, 0.25) is 0 Å². The van der Waals surface area contributed by atoms with Crippen molar-refractivity contribution in [3.8, 4) is 0 Å². The van der Waals surface area contributed by atoms with E-state index in [0.29, 0.717) is 0 Å². The van der Waals surface area contributed by atoms with Crippen LogP contribution in [0.5, 0.6) is 0 Å². The van der Waals surface area contributed by atoms with Crippen molar-refractivity contribution in [1.82, 2.24) is 9.78 Å². The summed E-state index contributed by atoms with van der Waals surface area (Å²) in [6.07, 6.45) is 4.39. The Morgan fingerprint density at radius 3 is 2.82 bits per heavy atom. The molecular weight excluding hydrogens is 140 g/mol. The van der Waals surface area contributed by atoms with E-state index in [1.54, 1.807) is 11.7 Å². The number of aromatic amines is 1. The minimum Gasteiger partial charge on any atom is -0.300 e. The van der Waals surface area contributed by atoms with E-state index in [1.165, 1.54) is 12.8 Å². The molecule has 0 radical (unpaired) electrons. The van der Waals surface area contributed by atoms with Crippen LogP contribution in [0.2, 0.25) is 0 Å². The summed E-state index contributed by atoms with van der Waals surface area (Å²) in [5.41, 5.74) is 2.34. The molecule has 60 valence electrons. The number of hydrogen-bond donors (Lipinski definition) is 1. The van der Waals surface area contributed by atoms with Crippen molar-refractivity contribution in [2.75, 3.05) is 0 Å². The Morgan fingerprint density at radius 1 is 1.36 bits per heavy atom. The minimum absolute atomic E-state index is 0.166. The van der Waals surface area contributed by atoms with Crippen LogP contribution in [0.1, 0.15) is 24.1 Å². The van der Waals surface area contributed by atoms with Gasteiger partial charge >= 0.3 is 0 Å². The van der Waals surface area contributed by atoms with Crippen LogP contribution in [0.3, 0.4) is 0 Å². The molecule has 0 bridgehead atoms. The summed E-state index contributed by atoms with van der Waals surface area (Å²) in [4.78, 5) is 11.3. The van der Waals surface area contributed by atoms with Crippen LogP contribution in [0.15, 0.2) is 4.79 Å². The summed E-state index contributed by atoms with van der Waals surface area (Å²) < 4.78 is 1.58. The van der Waals surface area contributed by atoms with Crippen LogP contribution in [0, 0.1) is 0 Å². The third kappa shape index (κ3) is 0.914. The minimum atomic E-state index is 0.166. The molecule has 0 amide bonds. The predicted octanol–water partition coefficient (Wildman–Crippen LogP) is 0.592. The van der Waals surface area contributed by atoms with E-state index in [0.717, 1.165) is 24.1 Å². The summed E-state index contributed by atoms with van der Waals surface area (Å²) in [5.74, 6) is 0. The van der Waals surface area contributed by atoms with Gasteiger partial charge in [-0.05, 0) is 25.7 Å². The number of aromatic nitrogens is 2. The van der Waals surface area contributed by atoms with Crippen molar-refractivity contribution in [1.29, 1.82) is 0 Å². The van der Waals surface area contributed by atoms with E-state index in [2.05, 4.69) is 5.10 Å². The first kappa shape index (κ1) is 6.70. The lowest BCUT2D eigenvalue weighted by molar-refractivity contribution is 0.664. The summed E-state index contributed by atoms with van der Waals surface area (Å²) in [6, 6.07) is 0. The smallest absolute Gasteiger partial charge is 0.269 e. The Labute approximate surface area is 65.0 Å². The first-order valence-electron chi connectivity index (χ1n) is 4.06. The maximum Gasteiger partial charge on any atom is 0.269 e. The van der Waals surface area contributed by atoms with Crippen molar-refractivity contribution >= 4 is 0 Å². The molecule has 1 aromatic heterocycles. The van der Waals surface area contributed by atoms with Gasteiger partial charge in [-0.15, -0.1) is 0 Å². The molecule has 0 saturated carbocycles. The largest absolute Gasteiger partial charge is 0.300 e. The van der Waals surface area contributed by atoms with Gasteiger partial charge in [-0.2, -0.15) is 0 Å². The lowest BCUT2D eigenvalue weighted by Gasteiger charge is -2.07. The van der Waals surface area contributed by atoms with Crippen molar-refractivity contribution in [3.05, 3.63) is 21.6 Å². The van der Waals surface area contributed by atoms with Crippen molar-refractivity contribution in [2.45, 2.75) is 25.7 Å². The van der Waals surface area contributed by atoms with E-state index >= 15 is 0 Å². The average molecular weight is 152 g/mol. The lowest BCUT2D eigenvalue weighted by atomic mass is 9.98. The van der Waals surface area contributed by atoms with E-state index in [1.807, 2.05) is 0 Å². The van der Waals surface area contributed by atoms with E-state index in [9.17, 15) is 4.79 Å². The number of nitrogens with zero attached hydrogens (tertiary/aromatic N) is 1. The number of nitrogens with one attached hydrogen (secondary N) is 1. The van der Waals surface area contributed by atoms with Crippen molar-refractivity contribution in [2.24, 2.45) is 7.05 Å². The molecule has 1 aliphatic rings. The van der Waals surface area contributed by atoms with Crippen LogP contribution in [0.25, 0.3) is 0 Å². The maximum absolute atomic E-state index is 11.3. The molecule has 11 heavy (non-hydrogen) atoms. The van der Waals surface area contributed by atoms with E-state index in [4.69, 9.17) is 0 Å². The third-order valence-electron chi connectivity index (χ3n) is 2.33. The second-order valence-corrected chi connectivity index (χ2v) is 3.14. The normalized spacial score (nSPS) is 16.5. The number of aryl methyl sites for hydroxylation is 2. The monoisotopic (exact) mass is 152 g/mol. The number of H-pyrrole nitrogens is 1. The van der Waals surface area contributed by atoms with Crippen molar-refractivity contribution < 1.29 is 0 Å². The Hall–Kier alpha value is -0.990. The van der Waals surface area contributed by atoms with Crippen LogP contribution in [-0.2, 0) is 19.9 Å². The Morgan fingerprint density at radius 2 is 2.09 bits per heavy atom. The third-order valence-corrected chi connectivity index (χ3v) is 2.33. The van der Waals surface area contributed by atoms with Gasteiger partial charge in [0.25, 0.3) is 5.56 Å². The van der Waals surface area contributed by atoms with Gasteiger partial charge in [0.05, 0.1) is 0 Å². The first-order chi connectivity index (χ1) is 5.29. The second kappa shape index (κ2) is 2.26. The molecule has 3 heteroatoms. The summed E-state index contributed by atoms with van der Waals surface area (Å²) in [7, 11) is 1.78. The topological polar surface area (TPSA) is 37.8 Å². The van der Waals surface area contributed by atoms with Gasteiger partial charge in [0.15, 0.2) is 0 Å². The zero-order valence-electron chi connectivity index (χ0n) is 6.68. The van der Waals surface area contributed by atoms with Gasteiger partial charge in [0.1, 0.15) is 0 Å². The molecule has 2 rings (SSSR count). The highest BCUT2D eigenvalue weighted by molar-refractivity contribution is 5.19. The highest BCUT2D eigenvalue weighted by atomic mass is 16.1.